The Kier molecular flexibility index (Phi) is 3.59. The third-order valence-corrected chi connectivity index (χ3v) is 3.58. The van der Waals surface area contributed by atoms with E-state index in [2.05, 4.69) is 0 Å². The maximum atomic E-state index is 14.0. The van der Waals surface area contributed by atoms with Crippen molar-refractivity contribution in [3.8, 4) is 0 Å². The Balaban J connectivity index is 2.50. The van der Waals surface area contributed by atoms with Crippen molar-refractivity contribution < 1.29 is 9.18 Å². The summed E-state index contributed by atoms with van der Waals surface area (Å²) in [5.41, 5.74) is 6.30. The summed E-state index contributed by atoms with van der Waals surface area (Å²) in [5.74, 6) is -0.467. The van der Waals surface area contributed by atoms with Crippen LogP contribution in [-0.4, -0.2) is 22.9 Å². The van der Waals surface area contributed by atoms with E-state index in [1.807, 2.05) is 13.8 Å². The fourth-order valence-electron chi connectivity index (χ4n) is 2.54. The predicted octanol–water partition coefficient (Wildman–Crippen LogP) is 2.49. The molecule has 0 aromatic heterocycles. The molecule has 2 atom stereocenters. The second-order valence-electron chi connectivity index (χ2n) is 4.84. The second-order valence-corrected chi connectivity index (χ2v) is 5.25. The number of benzene rings is 1. The van der Waals surface area contributed by atoms with E-state index in [1.54, 1.807) is 17.0 Å². The summed E-state index contributed by atoms with van der Waals surface area (Å²) in [5, 5.41) is 0.316. The average Bonchev–Trinajstić information content (AvgIpc) is 2.54. The van der Waals surface area contributed by atoms with Crippen molar-refractivity contribution in [3.63, 3.8) is 0 Å². The number of halogens is 2. The molecule has 0 spiro atoms. The smallest absolute Gasteiger partial charge is 0.225 e. The maximum Gasteiger partial charge on any atom is 0.225 e. The van der Waals surface area contributed by atoms with Gasteiger partial charge in [-0.2, -0.15) is 0 Å². The van der Waals surface area contributed by atoms with Gasteiger partial charge in [-0.1, -0.05) is 17.7 Å². The number of amides is 1. The minimum Gasteiger partial charge on any atom is -0.331 e. The molecule has 0 radical (unpaired) electrons. The van der Waals surface area contributed by atoms with Gasteiger partial charge in [-0.3, -0.25) is 4.79 Å². The number of carbonyl (C=O) groups is 1. The van der Waals surface area contributed by atoms with Crippen LogP contribution in [0.5, 0.6) is 0 Å². The third-order valence-electron chi connectivity index (χ3n) is 3.26. The van der Waals surface area contributed by atoms with E-state index in [0.717, 1.165) is 0 Å². The standard InChI is InChI=1S/C13H16ClFN2O/c1-7(2)17-11(18)6-10(16)13(17)12-8(14)4-3-5-9(12)15/h3-5,7,10,13H,6,16H2,1-2H3. The van der Waals surface area contributed by atoms with E-state index in [1.165, 1.54) is 6.07 Å². The summed E-state index contributed by atoms with van der Waals surface area (Å²) < 4.78 is 14.0. The minimum atomic E-state index is -0.480. The molecule has 98 valence electrons. The van der Waals surface area contributed by atoms with Crippen LogP contribution >= 0.6 is 11.6 Å². The molecule has 18 heavy (non-hydrogen) atoms. The highest BCUT2D eigenvalue weighted by atomic mass is 35.5. The normalized spacial score (nSPS) is 24.1. The molecule has 1 aromatic rings. The van der Waals surface area contributed by atoms with Gasteiger partial charge in [0.05, 0.1) is 6.04 Å². The first-order valence-electron chi connectivity index (χ1n) is 5.94. The molecule has 2 unspecified atom stereocenters. The van der Waals surface area contributed by atoms with Crippen LogP contribution in [0.25, 0.3) is 0 Å². The zero-order valence-electron chi connectivity index (χ0n) is 10.4. The monoisotopic (exact) mass is 270 g/mol. The Bertz CT molecular complexity index is 458. The molecule has 2 rings (SSSR count). The van der Waals surface area contributed by atoms with Crippen LogP contribution in [-0.2, 0) is 4.79 Å². The number of nitrogens with two attached hydrogens (primary N) is 1. The van der Waals surface area contributed by atoms with Crippen LogP contribution in [0.15, 0.2) is 18.2 Å². The number of hydrogen-bond acceptors (Lipinski definition) is 2. The predicted molar refractivity (Wildman–Crippen MR) is 68.7 cm³/mol. The average molecular weight is 271 g/mol. The van der Waals surface area contributed by atoms with Gasteiger partial charge in [0.25, 0.3) is 0 Å². The number of nitrogens with zero attached hydrogens (tertiary/aromatic N) is 1. The molecule has 1 aliphatic heterocycles. The van der Waals surface area contributed by atoms with Crippen molar-refractivity contribution in [1.29, 1.82) is 0 Å². The Hall–Kier alpha value is -1.13. The van der Waals surface area contributed by atoms with Crippen LogP contribution in [0.1, 0.15) is 31.9 Å². The molecule has 1 fully saturated rings. The van der Waals surface area contributed by atoms with Gasteiger partial charge >= 0.3 is 0 Å². The highest BCUT2D eigenvalue weighted by molar-refractivity contribution is 6.31. The zero-order chi connectivity index (χ0) is 13.4. The summed E-state index contributed by atoms with van der Waals surface area (Å²) in [6.07, 6.45) is 0.230. The Morgan fingerprint density at radius 1 is 1.50 bits per heavy atom. The molecule has 5 heteroatoms. The summed E-state index contributed by atoms with van der Waals surface area (Å²) in [6, 6.07) is 3.57. The van der Waals surface area contributed by atoms with E-state index in [4.69, 9.17) is 17.3 Å². The molecule has 0 bridgehead atoms. The molecule has 1 aliphatic rings. The second kappa shape index (κ2) is 4.86. The molecular formula is C13H16ClFN2O. The quantitative estimate of drug-likeness (QED) is 0.897. The number of carbonyl (C=O) groups excluding carboxylic acids is 1. The van der Waals surface area contributed by atoms with Gasteiger partial charge in [-0.15, -0.1) is 0 Å². The molecule has 2 N–H and O–H groups in total. The van der Waals surface area contributed by atoms with Crippen molar-refractivity contribution in [2.45, 2.75) is 38.4 Å². The van der Waals surface area contributed by atoms with Crippen LogP contribution in [0.4, 0.5) is 4.39 Å². The Labute approximate surface area is 111 Å². The van der Waals surface area contributed by atoms with Gasteiger partial charge in [0.2, 0.25) is 5.91 Å². The van der Waals surface area contributed by atoms with Gasteiger partial charge in [0, 0.05) is 29.1 Å². The Morgan fingerprint density at radius 3 is 2.72 bits per heavy atom. The van der Waals surface area contributed by atoms with Gasteiger partial charge in [0.15, 0.2) is 0 Å². The van der Waals surface area contributed by atoms with Crippen LogP contribution in [0.3, 0.4) is 0 Å². The molecule has 0 saturated carbocycles. The van der Waals surface area contributed by atoms with Gasteiger partial charge < -0.3 is 10.6 Å². The van der Waals surface area contributed by atoms with E-state index >= 15 is 0 Å². The first-order chi connectivity index (χ1) is 8.43. The highest BCUT2D eigenvalue weighted by Gasteiger charge is 2.42. The molecule has 3 nitrogen and oxygen atoms in total. The summed E-state index contributed by atoms with van der Waals surface area (Å²) >= 11 is 6.06. The Morgan fingerprint density at radius 2 is 2.17 bits per heavy atom. The van der Waals surface area contributed by atoms with E-state index in [0.29, 0.717) is 10.6 Å². The van der Waals surface area contributed by atoms with Crippen molar-refractivity contribution >= 4 is 17.5 Å². The molecule has 0 aliphatic carbocycles. The zero-order valence-corrected chi connectivity index (χ0v) is 11.1. The number of hydrogen-bond donors (Lipinski definition) is 1. The van der Waals surface area contributed by atoms with Crippen LogP contribution in [0.2, 0.25) is 5.02 Å². The topological polar surface area (TPSA) is 46.3 Å². The van der Waals surface area contributed by atoms with Crippen molar-refractivity contribution in [2.75, 3.05) is 0 Å². The lowest BCUT2D eigenvalue weighted by Gasteiger charge is -2.31. The molecule has 1 heterocycles. The van der Waals surface area contributed by atoms with Gasteiger partial charge in [-0.05, 0) is 26.0 Å². The highest BCUT2D eigenvalue weighted by Crippen LogP contribution is 2.38. The SMILES string of the molecule is CC(C)N1C(=O)CC(N)C1c1c(F)cccc1Cl. The summed E-state index contributed by atoms with van der Waals surface area (Å²) in [6.45, 7) is 3.77. The largest absolute Gasteiger partial charge is 0.331 e. The van der Waals surface area contributed by atoms with Gasteiger partial charge in [0.1, 0.15) is 5.82 Å². The summed E-state index contributed by atoms with van der Waals surface area (Å²) in [7, 11) is 0. The van der Waals surface area contributed by atoms with Crippen LogP contribution < -0.4 is 5.73 Å². The van der Waals surface area contributed by atoms with E-state index in [-0.39, 0.29) is 18.4 Å². The maximum absolute atomic E-state index is 14.0. The van der Waals surface area contributed by atoms with E-state index < -0.39 is 17.9 Å². The first kappa shape index (κ1) is 13.3. The van der Waals surface area contributed by atoms with Crippen molar-refractivity contribution in [3.05, 3.63) is 34.6 Å². The molecule has 1 amide bonds. The molecular weight excluding hydrogens is 255 g/mol. The fraction of sp³-hybridized carbons (Fsp3) is 0.462. The van der Waals surface area contributed by atoms with Crippen molar-refractivity contribution in [1.82, 2.24) is 4.90 Å². The lowest BCUT2D eigenvalue weighted by Crippen LogP contribution is -2.38. The fourth-order valence-corrected chi connectivity index (χ4v) is 2.81. The minimum absolute atomic E-state index is 0.0354. The van der Waals surface area contributed by atoms with E-state index in [9.17, 15) is 9.18 Å². The number of rotatable bonds is 2. The van der Waals surface area contributed by atoms with Crippen molar-refractivity contribution in [2.24, 2.45) is 5.73 Å². The first-order valence-corrected chi connectivity index (χ1v) is 6.32. The lowest BCUT2D eigenvalue weighted by atomic mass is 9.99. The summed E-state index contributed by atoms with van der Waals surface area (Å²) in [4.78, 5) is 13.5. The van der Waals surface area contributed by atoms with Crippen LogP contribution in [0, 0.1) is 5.82 Å². The molecule has 1 aromatic carbocycles. The molecule has 1 saturated heterocycles. The third kappa shape index (κ3) is 2.10. The lowest BCUT2D eigenvalue weighted by molar-refractivity contribution is -0.130. The number of likely N-dealkylation sites (tertiary alicyclic amines) is 1. The van der Waals surface area contributed by atoms with Gasteiger partial charge in [-0.25, -0.2) is 4.39 Å².